The number of esters is 2. The molecule has 0 saturated heterocycles. The molecule has 0 heterocycles. The number of carbonyl (C=O) groups excluding carboxylic acids is 2. The number of carbonyl (C=O) groups is 2. The maximum atomic E-state index is 13.7. The fourth-order valence-electron chi connectivity index (χ4n) is 4.31. The minimum atomic E-state index is -1.61. The molecule has 0 spiro atoms. The summed E-state index contributed by atoms with van der Waals surface area (Å²) < 4.78 is 11.4. The van der Waals surface area contributed by atoms with Crippen LogP contribution < -0.4 is 0 Å². The van der Waals surface area contributed by atoms with Crippen molar-refractivity contribution in [3.63, 3.8) is 0 Å². The van der Waals surface area contributed by atoms with E-state index >= 15 is 0 Å². The molecule has 0 saturated carbocycles. The molecule has 4 rings (SSSR count). The molecule has 4 nitrogen and oxygen atoms in total. The maximum Gasteiger partial charge on any atom is 0.332 e. The van der Waals surface area contributed by atoms with Gasteiger partial charge in [-0.1, -0.05) is 87.0 Å². The summed E-state index contributed by atoms with van der Waals surface area (Å²) in [5.74, 6) is -1.12. The normalized spacial score (nSPS) is 13.1. The van der Waals surface area contributed by atoms with Gasteiger partial charge in [-0.2, -0.15) is 0 Å². The van der Waals surface area contributed by atoms with Gasteiger partial charge in [-0.15, -0.1) is 0 Å². The van der Waals surface area contributed by atoms with E-state index in [1.165, 1.54) is 0 Å². The second-order valence-electron chi connectivity index (χ2n) is 8.40. The lowest BCUT2D eigenvalue weighted by molar-refractivity contribution is -0.162. The van der Waals surface area contributed by atoms with Crippen LogP contribution in [0.1, 0.15) is 50.7 Å². The maximum absolute atomic E-state index is 13.7. The highest BCUT2D eigenvalue weighted by Crippen LogP contribution is 2.51. The largest absolute Gasteiger partial charge is 0.464 e. The van der Waals surface area contributed by atoms with Gasteiger partial charge in [0, 0.05) is 9.79 Å². The fourth-order valence-corrected chi connectivity index (χ4v) is 5.19. The lowest BCUT2D eigenvalue weighted by Crippen LogP contribution is -2.46. The number of rotatable bonds is 10. The van der Waals surface area contributed by atoms with E-state index in [1.54, 1.807) is 11.8 Å². The molecule has 0 N–H and O–H groups in total. The van der Waals surface area contributed by atoms with Gasteiger partial charge in [0.1, 0.15) is 0 Å². The number of hydrogen-bond acceptors (Lipinski definition) is 5. The Morgan fingerprint density at radius 3 is 1.94 bits per heavy atom. The Morgan fingerprint density at radius 2 is 1.29 bits per heavy atom. The molecule has 34 heavy (non-hydrogen) atoms. The van der Waals surface area contributed by atoms with Crippen LogP contribution in [0, 0.1) is 0 Å². The summed E-state index contributed by atoms with van der Waals surface area (Å²) in [6, 6.07) is 23.7. The van der Waals surface area contributed by atoms with Gasteiger partial charge in [0.15, 0.2) is 0 Å². The summed E-state index contributed by atoms with van der Waals surface area (Å²) in [4.78, 5) is 29.5. The molecule has 0 amide bonds. The van der Waals surface area contributed by atoms with Crippen molar-refractivity contribution in [2.75, 3.05) is 13.2 Å². The van der Waals surface area contributed by atoms with Gasteiger partial charge in [-0.25, -0.2) is 0 Å². The molecular formula is C29H30O4S. The molecule has 0 unspecified atom stereocenters. The van der Waals surface area contributed by atoms with Crippen molar-refractivity contribution >= 4 is 23.7 Å². The molecule has 0 radical (unpaired) electrons. The quantitative estimate of drug-likeness (QED) is 0.184. The average molecular weight is 475 g/mol. The van der Waals surface area contributed by atoms with Gasteiger partial charge in [0.05, 0.1) is 13.2 Å². The first-order chi connectivity index (χ1) is 16.6. The van der Waals surface area contributed by atoms with E-state index in [2.05, 4.69) is 18.2 Å². The zero-order valence-corrected chi connectivity index (χ0v) is 20.5. The average Bonchev–Trinajstić information content (AvgIpc) is 3.16. The van der Waals surface area contributed by atoms with Crippen LogP contribution in [0.25, 0.3) is 11.1 Å². The van der Waals surface area contributed by atoms with Crippen LogP contribution in [0.4, 0.5) is 0 Å². The lowest BCUT2D eigenvalue weighted by Gasteiger charge is -2.27. The number of unbranched alkanes of at least 4 members (excludes halogenated alkanes) is 2. The topological polar surface area (TPSA) is 52.6 Å². The van der Waals surface area contributed by atoms with Gasteiger partial charge in [-0.3, -0.25) is 9.59 Å². The molecule has 1 aliphatic carbocycles. The van der Waals surface area contributed by atoms with Crippen molar-refractivity contribution in [1.29, 1.82) is 0 Å². The summed E-state index contributed by atoms with van der Waals surface area (Å²) >= 11 is 1.65. The molecule has 3 aromatic rings. The Labute approximate surface area is 205 Å². The van der Waals surface area contributed by atoms with Gasteiger partial charge in [0.25, 0.3) is 0 Å². The van der Waals surface area contributed by atoms with Crippen molar-refractivity contribution in [1.82, 2.24) is 0 Å². The van der Waals surface area contributed by atoms with Crippen molar-refractivity contribution in [2.24, 2.45) is 0 Å². The minimum absolute atomic E-state index is 0.277. The van der Waals surface area contributed by atoms with Crippen LogP contribution in [0.2, 0.25) is 0 Å². The van der Waals surface area contributed by atoms with Crippen molar-refractivity contribution in [3.8, 4) is 11.1 Å². The third-order valence-electron chi connectivity index (χ3n) is 6.07. The Balaban J connectivity index is 1.81. The van der Waals surface area contributed by atoms with Crippen molar-refractivity contribution in [3.05, 3.63) is 83.9 Å². The third kappa shape index (κ3) is 4.49. The van der Waals surface area contributed by atoms with E-state index in [0.29, 0.717) is 11.1 Å². The summed E-state index contributed by atoms with van der Waals surface area (Å²) in [7, 11) is 0. The molecule has 0 aliphatic heterocycles. The summed E-state index contributed by atoms with van der Waals surface area (Å²) in [6.07, 6.45) is 3.28. The monoisotopic (exact) mass is 474 g/mol. The second-order valence-corrected chi connectivity index (χ2v) is 9.54. The van der Waals surface area contributed by atoms with E-state index in [1.807, 2.05) is 68.4 Å². The Hall–Kier alpha value is -3.05. The molecule has 176 valence electrons. The molecule has 0 atom stereocenters. The zero-order chi connectivity index (χ0) is 24.0. The van der Waals surface area contributed by atoms with Gasteiger partial charge >= 0.3 is 11.9 Å². The first-order valence-corrected chi connectivity index (χ1v) is 12.8. The third-order valence-corrected chi connectivity index (χ3v) is 7.07. The summed E-state index contributed by atoms with van der Waals surface area (Å²) in [6.45, 7) is 4.63. The minimum Gasteiger partial charge on any atom is -0.464 e. The Kier molecular flexibility index (Phi) is 7.73. The zero-order valence-electron chi connectivity index (χ0n) is 19.7. The summed E-state index contributed by atoms with van der Waals surface area (Å²) in [5, 5.41) is 0. The summed E-state index contributed by atoms with van der Waals surface area (Å²) in [5.41, 5.74) is 1.40. The number of hydrogen-bond donors (Lipinski definition) is 0. The highest BCUT2D eigenvalue weighted by molar-refractivity contribution is 7.99. The number of fused-ring (bicyclic) bond motifs is 3. The van der Waals surface area contributed by atoms with Crippen LogP contribution in [0.5, 0.6) is 0 Å². The molecule has 5 heteroatoms. The lowest BCUT2D eigenvalue weighted by atomic mass is 9.78. The Morgan fingerprint density at radius 1 is 0.706 bits per heavy atom. The second kappa shape index (κ2) is 10.9. The standard InChI is InChI=1S/C29H30O4S/c1-3-5-18-32-27(30)29(28(31)33-19-6-4-2)25-15-11-10-14-23(25)24-20-22(16-17-26(24)29)34-21-12-8-7-9-13-21/h7-17,20H,3-6,18-19H2,1-2H3. The highest BCUT2D eigenvalue weighted by Gasteiger charge is 2.57. The fraction of sp³-hybridized carbons (Fsp3) is 0.310. The highest BCUT2D eigenvalue weighted by atomic mass is 32.2. The van der Waals surface area contributed by atoms with E-state index in [0.717, 1.165) is 46.6 Å². The van der Waals surface area contributed by atoms with Crippen molar-refractivity contribution in [2.45, 2.75) is 54.7 Å². The van der Waals surface area contributed by atoms with Gasteiger partial charge < -0.3 is 9.47 Å². The molecule has 3 aromatic carbocycles. The Bertz CT molecular complexity index is 1130. The molecule has 0 aromatic heterocycles. The van der Waals surface area contributed by atoms with E-state index in [9.17, 15) is 9.59 Å². The smallest absolute Gasteiger partial charge is 0.332 e. The van der Waals surface area contributed by atoms with Crippen LogP contribution >= 0.6 is 11.8 Å². The molecule has 0 fully saturated rings. The molecular weight excluding hydrogens is 444 g/mol. The number of ether oxygens (including phenoxy) is 2. The molecule has 0 bridgehead atoms. The molecule has 1 aliphatic rings. The van der Waals surface area contributed by atoms with Gasteiger partial charge in [0.2, 0.25) is 5.41 Å². The SMILES string of the molecule is CCCCOC(=O)C1(C(=O)OCCCC)c2ccccc2-c2cc(Sc3ccccc3)ccc21. The van der Waals surface area contributed by atoms with Gasteiger partial charge in [-0.05, 0) is 59.4 Å². The first-order valence-electron chi connectivity index (χ1n) is 11.9. The van der Waals surface area contributed by atoms with E-state index in [4.69, 9.17) is 9.47 Å². The van der Waals surface area contributed by atoms with Crippen LogP contribution in [0.3, 0.4) is 0 Å². The van der Waals surface area contributed by atoms with Crippen LogP contribution in [0.15, 0.2) is 82.6 Å². The van der Waals surface area contributed by atoms with Crippen molar-refractivity contribution < 1.29 is 19.1 Å². The van der Waals surface area contributed by atoms with Crippen LogP contribution in [-0.2, 0) is 24.5 Å². The predicted molar refractivity (Wildman–Crippen MR) is 135 cm³/mol. The van der Waals surface area contributed by atoms with E-state index in [-0.39, 0.29) is 13.2 Å². The first kappa shape index (κ1) is 24.1. The predicted octanol–water partition coefficient (Wildman–Crippen LogP) is 6.79. The number of benzene rings is 3. The van der Waals surface area contributed by atoms with Crippen LogP contribution in [-0.4, -0.2) is 25.2 Å². The van der Waals surface area contributed by atoms with E-state index < -0.39 is 17.4 Å².